The molecular formula is C15H18N4. The molecule has 2 rings (SSSR count). The van der Waals surface area contributed by atoms with Gasteiger partial charge in [0.15, 0.2) is 0 Å². The molecule has 0 spiro atoms. The SMILES string of the molecule is Cc1cc(-c2cnn(CCC#N)c2)cc(C(C)C)n1. The number of nitriles is 1. The van der Waals surface area contributed by atoms with Gasteiger partial charge in [0, 0.05) is 23.1 Å². The molecule has 4 heteroatoms. The molecule has 0 aliphatic rings. The first kappa shape index (κ1) is 13.3. The second kappa shape index (κ2) is 5.66. The van der Waals surface area contributed by atoms with Gasteiger partial charge < -0.3 is 0 Å². The number of nitrogens with zero attached hydrogens (tertiary/aromatic N) is 4. The minimum absolute atomic E-state index is 0.410. The second-order valence-corrected chi connectivity index (χ2v) is 4.98. The van der Waals surface area contributed by atoms with E-state index >= 15 is 0 Å². The normalized spacial score (nSPS) is 10.7. The first-order valence-corrected chi connectivity index (χ1v) is 6.48. The van der Waals surface area contributed by atoms with Gasteiger partial charge in [-0.05, 0) is 30.5 Å². The highest BCUT2D eigenvalue weighted by Gasteiger charge is 2.07. The van der Waals surface area contributed by atoms with Crippen molar-refractivity contribution in [1.29, 1.82) is 5.26 Å². The summed E-state index contributed by atoms with van der Waals surface area (Å²) < 4.78 is 1.81. The molecule has 0 radical (unpaired) electrons. The molecule has 0 amide bonds. The van der Waals surface area contributed by atoms with E-state index in [1.54, 1.807) is 0 Å². The van der Waals surface area contributed by atoms with Crippen LogP contribution in [0.15, 0.2) is 24.5 Å². The largest absolute Gasteiger partial charge is 0.271 e. The Labute approximate surface area is 113 Å². The third-order valence-electron chi connectivity index (χ3n) is 2.98. The van der Waals surface area contributed by atoms with Gasteiger partial charge in [-0.3, -0.25) is 9.67 Å². The van der Waals surface area contributed by atoms with Crippen LogP contribution < -0.4 is 0 Å². The molecular weight excluding hydrogens is 236 g/mol. The van der Waals surface area contributed by atoms with E-state index in [0.717, 1.165) is 22.5 Å². The first-order chi connectivity index (χ1) is 9.10. The maximum atomic E-state index is 8.59. The minimum atomic E-state index is 0.410. The molecule has 4 nitrogen and oxygen atoms in total. The molecule has 0 N–H and O–H groups in total. The van der Waals surface area contributed by atoms with Crippen LogP contribution in [0, 0.1) is 18.3 Å². The summed E-state index contributed by atoms with van der Waals surface area (Å²) in [6.07, 6.45) is 4.31. The van der Waals surface area contributed by atoms with Crippen molar-refractivity contribution in [3.63, 3.8) is 0 Å². The zero-order chi connectivity index (χ0) is 13.8. The third kappa shape index (κ3) is 3.19. The quantitative estimate of drug-likeness (QED) is 0.841. The Morgan fingerprint density at radius 3 is 2.79 bits per heavy atom. The maximum Gasteiger partial charge on any atom is 0.0641 e. The highest BCUT2D eigenvalue weighted by atomic mass is 15.3. The molecule has 0 aromatic carbocycles. The average molecular weight is 254 g/mol. The van der Waals surface area contributed by atoms with Crippen LogP contribution in [-0.2, 0) is 6.54 Å². The lowest BCUT2D eigenvalue weighted by Gasteiger charge is -2.08. The van der Waals surface area contributed by atoms with Gasteiger partial charge in [-0.15, -0.1) is 0 Å². The van der Waals surface area contributed by atoms with E-state index in [0.29, 0.717) is 18.9 Å². The van der Waals surface area contributed by atoms with Gasteiger partial charge in [-0.2, -0.15) is 10.4 Å². The summed E-state index contributed by atoms with van der Waals surface area (Å²) in [5.74, 6) is 0.410. The molecule has 0 bridgehead atoms. The molecule has 2 heterocycles. The van der Waals surface area contributed by atoms with Crippen LogP contribution in [0.2, 0.25) is 0 Å². The van der Waals surface area contributed by atoms with Crippen LogP contribution >= 0.6 is 0 Å². The van der Waals surface area contributed by atoms with Gasteiger partial charge >= 0.3 is 0 Å². The summed E-state index contributed by atoms with van der Waals surface area (Å²) in [5.41, 5.74) is 4.33. The fourth-order valence-corrected chi connectivity index (χ4v) is 1.96. The van der Waals surface area contributed by atoms with Gasteiger partial charge in [-0.25, -0.2) is 0 Å². The molecule has 0 saturated heterocycles. The average Bonchev–Trinajstić information content (AvgIpc) is 2.84. The lowest BCUT2D eigenvalue weighted by molar-refractivity contribution is 0.628. The highest BCUT2D eigenvalue weighted by Crippen LogP contribution is 2.23. The van der Waals surface area contributed by atoms with Crippen molar-refractivity contribution in [2.24, 2.45) is 0 Å². The van der Waals surface area contributed by atoms with Crippen molar-refractivity contribution in [3.8, 4) is 17.2 Å². The van der Waals surface area contributed by atoms with E-state index < -0.39 is 0 Å². The summed E-state index contributed by atoms with van der Waals surface area (Å²) in [4.78, 5) is 4.54. The van der Waals surface area contributed by atoms with Crippen molar-refractivity contribution in [1.82, 2.24) is 14.8 Å². The van der Waals surface area contributed by atoms with Crippen LogP contribution in [0.25, 0.3) is 11.1 Å². The Morgan fingerprint density at radius 2 is 2.11 bits per heavy atom. The van der Waals surface area contributed by atoms with E-state index in [1.165, 1.54) is 0 Å². The van der Waals surface area contributed by atoms with E-state index in [4.69, 9.17) is 5.26 Å². The zero-order valence-electron chi connectivity index (χ0n) is 11.6. The molecule has 0 saturated carbocycles. The van der Waals surface area contributed by atoms with Crippen molar-refractivity contribution >= 4 is 0 Å². The summed E-state index contributed by atoms with van der Waals surface area (Å²) in [7, 11) is 0. The number of aryl methyl sites for hydroxylation is 2. The van der Waals surface area contributed by atoms with Gasteiger partial charge in [0.1, 0.15) is 0 Å². The Balaban J connectivity index is 2.31. The maximum absolute atomic E-state index is 8.59. The van der Waals surface area contributed by atoms with Crippen LogP contribution in [0.1, 0.15) is 37.6 Å². The zero-order valence-corrected chi connectivity index (χ0v) is 11.6. The second-order valence-electron chi connectivity index (χ2n) is 4.98. The van der Waals surface area contributed by atoms with Gasteiger partial charge in [-0.1, -0.05) is 13.8 Å². The standard InChI is InChI=1S/C15H18N4/c1-11(2)15-8-13(7-12(3)18-15)14-9-17-19(10-14)6-4-5-16/h7-11H,4,6H2,1-3H3. The van der Waals surface area contributed by atoms with Crippen molar-refractivity contribution < 1.29 is 0 Å². The predicted octanol–water partition coefficient (Wildman–Crippen LogP) is 3.29. The van der Waals surface area contributed by atoms with Crippen LogP contribution in [0.5, 0.6) is 0 Å². The fourth-order valence-electron chi connectivity index (χ4n) is 1.96. The van der Waals surface area contributed by atoms with Crippen LogP contribution in [0.3, 0.4) is 0 Å². The van der Waals surface area contributed by atoms with E-state index in [9.17, 15) is 0 Å². The Kier molecular flexibility index (Phi) is 3.96. The number of hydrogen-bond donors (Lipinski definition) is 0. The van der Waals surface area contributed by atoms with Crippen LogP contribution in [0.4, 0.5) is 0 Å². The number of pyridine rings is 1. The van der Waals surface area contributed by atoms with Gasteiger partial charge in [0.05, 0.1) is 25.2 Å². The predicted molar refractivity (Wildman–Crippen MR) is 74.5 cm³/mol. The van der Waals surface area contributed by atoms with Gasteiger partial charge in [0.2, 0.25) is 0 Å². The van der Waals surface area contributed by atoms with E-state index in [2.05, 4.69) is 42.1 Å². The van der Waals surface area contributed by atoms with Crippen molar-refractivity contribution in [3.05, 3.63) is 35.9 Å². The summed E-state index contributed by atoms with van der Waals surface area (Å²) >= 11 is 0. The summed E-state index contributed by atoms with van der Waals surface area (Å²) in [6.45, 7) is 6.93. The van der Waals surface area contributed by atoms with E-state index in [-0.39, 0.29) is 0 Å². The Bertz CT molecular complexity index is 605. The third-order valence-corrected chi connectivity index (χ3v) is 2.98. The highest BCUT2D eigenvalue weighted by molar-refractivity contribution is 5.62. The fraction of sp³-hybridized carbons (Fsp3) is 0.400. The number of rotatable bonds is 4. The van der Waals surface area contributed by atoms with E-state index in [1.807, 2.05) is 24.0 Å². The monoisotopic (exact) mass is 254 g/mol. The smallest absolute Gasteiger partial charge is 0.0641 e. The molecule has 2 aromatic rings. The summed E-state index contributed by atoms with van der Waals surface area (Å²) in [5, 5.41) is 12.9. The summed E-state index contributed by atoms with van der Waals surface area (Å²) in [6, 6.07) is 6.31. The van der Waals surface area contributed by atoms with Crippen LogP contribution in [-0.4, -0.2) is 14.8 Å². The molecule has 19 heavy (non-hydrogen) atoms. The number of aromatic nitrogens is 3. The lowest BCUT2D eigenvalue weighted by atomic mass is 10.0. The molecule has 0 unspecified atom stereocenters. The molecule has 0 aliphatic carbocycles. The Hall–Kier alpha value is -2.15. The molecule has 98 valence electrons. The molecule has 0 aliphatic heterocycles. The first-order valence-electron chi connectivity index (χ1n) is 6.48. The minimum Gasteiger partial charge on any atom is -0.271 e. The van der Waals surface area contributed by atoms with Crippen molar-refractivity contribution in [2.75, 3.05) is 0 Å². The molecule has 0 atom stereocenters. The molecule has 2 aromatic heterocycles. The van der Waals surface area contributed by atoms with Gasteiger partial charge in [0.25, 0.3) is 0 Å². The lowest BCUT2D eigenvalue weighted by Crippen LogP contribution is -1.97. The topological polar surface area (TPSA) is 54.5 Å². The molecule has 0 fully saturated rings. The van der Waals surface area contributed by atoms with Crippen molar-refractivity contribution in [2.45, 2.75) is 39.7 Å². The Morgan fingerprint density at radius 1 is 1.32 bits per heavy atom. The number of hydrogen-bond acceptors (Lipinski definition) is 3.